The lowest BCUT2D eigenvalue weighted by Crippen LogP contribution is -2.23. The highest BCUT2D eigenvalue weighted by Crippen LogP contribution is 2.12. The van der Waals surface area contributed by atoms with E-state index >= 15 is 0 Å². The third kappa shape index (κ3) is 5.60. The molecule has 6 heteroatoms. The number of carbonyl (C=O) groups is 2. The zero-order chi connectivity index (χ0) is 14.3. The van der Waals surface area contributed by atoms with Crippen LogP contribution in [0.2, 0.25) is 0 Å². The van der Waals surface area contributed by atoms with Crippen molar-refractivity contribution in [3.05, 3.63) is 24.3 Å². The van der Waals surface area contributed by atoms with Crippen molar-refractivity contribution in [2.24, 2.45) is 0 Å². The van der Waals surface area contributed by atoms with Crippen LogP contribution in [0, 0.1) is 0 Å². The highest BCUT2D eigenvalue weighted by molar-refractivity contribution is 6.06. The van der Waals surface area contributed by atoms with Crippen molar-refractivity contribution in [3.8, 4) is 0 Å². The van der Waals surface area contributed by atoms with Gasteiger partial charge in [-0.05, 0) is 6.92 Å². The molecule has 0 rings (SSSR count). The molecular formula is C12H18O6. The third-order valence-electron chi connectivity index (χ3n) is 1.91. The Balaban J connectivity index is 4.42. The number of aliphatic hydroxyl groups is 2. The molecule has 2 N–H and O–H groups in total. The van der Waals surface area contributed by atoms with Crippen molar-refractivity contribution in [3.63, 3.8) is 0 Å². The molecule has 0 aromatic carbocycles. The summed E-state index contributed by atoms with van der Waals surface area (Å²) in [6, 6.07) is 0. The fourth-order valence-electron chi connectivity index (χ4n) is 0.973. The molecule has 0 saturated heterocycles. The molecule has 18 heavy (non-hydrogen) atoms. The van der Waals surface area contributed by atoms with Crippen LogP contribution >= 0.6 is 0 Å². The first kappa shape index (κ1) is 16.3. The predicted molar refractivity (Wildman–Crippen MR) is 63.1 cm³/mol. The van der Waals surface area contributed by atoms with Crippen LogP contribution in [0.5, 0.6) is 0 Å². The topological polar surface area (TPSA) is 93.1 Å². The van der Waals surface area contributed by atoms with E-state index in [0.717, 1.165) is 0 Å². The lowest BCUT2D eigenvalue weighted by molar-refractivity contribution is -0.166. The average Bonchev–Trinajstić information content (AvgIpc) is 2.26. The van der Waals surface area contributed by atoms with Gasteiger partial charge in [-0.1, -0.05) is 26.5 Å². The minimum Gasteiger partial charge on any atom is -0.433 e. The number of rotatable bonds is 7. The maximum Gasteiger partial charge on any atom is 0.340 e. The Bertz CT molecular complexity index is 344. The summed E-state index contributed by atoms with van der Waals surface area (Å²) in [5.41, 5.74) is -0.652. The summed E-state index contributed by atoms with van der Waals surface area (Å²) < 4.78 is 9.04. The fourth-order valence-corrected chi connectivity index (χ4v) is 0.973. The Labute approximate surface area is 106 Å². The molecule has 0 fully saturated rings. The highest BCUT2D eigenvalue weighted by atomic mass is 16.6. The van der Waals surface area contributed by atoms with E-state index in [1.807, 2.05) is 6.92 Å². The Morgan fingerprint density at radius 2 is 1.56 bits per heavy atom. The number of carbonyl (C=O) groups excluding carboxylic acids is 2. The largest absolute Gasteiger partial charge is 0.433 e. The first-order valence-corrected chi connectivity index (χ1v) is 5.45. The lowest BCUT2D eigenvalue weighted by Gasteiger charge is -2.13. The molecule has 0 amide bonds. The van der Waals surface area contributed by atoms with Gasteiger partial charge in [0.15, 0.2) is 6.29 Å². The van der Waals surface area contributed by atoms with E-state index in [4.69, 9.17) is 5.11 Å². The van der Waals surface area contributed by atoms with Crippen molar-refractivity contribution in [2.45, 2.75) is 39.3 Å². The van der Waals surface area contributed by atoms with Gasteiger partial charge in [0.1, 0.15) is 0 Å². The summed E-state index contributed by atoms with van der Waals surface area (Å²) >= 11 is 0. The van der Waals surface area contributed by atoms with Crippen molar-refractivity contribution >= 4 is 11.9 Å². The molecule has 0 aromatic rings. The second-order valence-electron chi connectivity index (χ2n) is 3.61. The summed E-state index contributed by atoms with van der Waals surface area (Å²) in [6.07, 6.45) is -1.65. The van der Waals surface area contributed by atoms with E-state index < -0.39 is 24.5 Å². The maximum absolute atomic E-state index is 11.4. The number of aliphatic hydroxyl groups excluding tert-OH is 2. The highest BCUT2D eigenvalue weighted by Gasteiger charge is 2.22. The Morgan fingerprint density at radius 1 is 1.11 bits per heavy atom. The number of hydrogen-bond acceptors (Lipinski definition) is 6. The van der Waals surface area contributed by atoms with Crippen LogP contribution in [-0.2, 0) is 19.1 Å². The molecule has 0 bridgehead atoms. The van der Waals surface area contributed by atoms with Crippen molar-refractivity contribution in [1.82, 2.24) is 0 Å². The second kappa shape index (κ2) is 7.62. The molecule has 0 aliphatic heterocycles. The van der Waals surface area contributed by atoms with E-state index in [1.54, 1.807) is 0 Å². The first-order chi connectivity index (χ1) is 8.29. The van der Waals surface area contributed by atoms with Crippen molar-refractivity contribution in [2.75, 3.05) is 0 Å². The van der Waals surface area contributed by atoms with E-state index in [9.17, 15) is 14.7 Å². The van der Waals surface area contributed by atoms with Crippen LogP contribution in [-0.4, -0.2) is 34.7 Å². The van der Waals surface area contributed by atoms with Crippen LogP contribution in [0.1, 0.15) is 26.7 Å². The second-order valence-corrected chi connectivity index (χ2v) is 3.61. The predicted octanol–water partition coefficient (Wildman–Crippen LogP) is 0.642. The van der Waals surface area contributed by atoms with Crippen LogP contribution in [0.25, 0.3) is 0 Å². The van der Waals surface area contributed by atoms with Gasteiger partial charge in [-0.25, -0.2) is 9.59 Å². The number of ether oxygens (including phenoxy) is 2. The van der Waals surface area contributed by atoms with E-state index in [2.05, 4.69) is 22.6 Å². The number of hydrogen-bond donors (Lipinski definition) is 2. The average molecular weight is 258 g/mol. The molecule has 0 spiro atoms. The molecule has 0 heterocycles. The van der Waals surface area contributed by atoms with E-state index in [0.29, 0.717) is 6.42 Å². The van der Waals surface area contributed by atoms with Crippen molar-refractivity contribution in [1.29, 1.82) is 0 Å². The maximum atomic E-state index is 11.4. The molecule has 2 atom stereocenters. The summed E-state index contributed by atoms with van der Waals surface area (Å²) in [4.78, 5) is 22.7. The minimum absolute atomic E-state index is 0.281. The molecule has 0 aliphatic rings. The molecule has 2 unspecified atom stereocenters. The molecule has 0 aromatic heterocycles. The summed E-state index contributed by atoms with van der Waals surface area (Å²) in [7, 11) is 0. The fraction of sp³-hybridized carbons (Fsp3) is 0.500. The van der Waals surface area contributed by atoms with Gasteiger partial charge in [0.2, 0.25) is 6.29 Å². The van der Waals surface area contributed by atoms with Crippen LogP contribution < -0.4 is 0 Å². The molecule has 102 valence electrons. The summed E-state index contributed by atoms with van der Waals surface area (Å²) in [5.74, 6) is -1.93. The van der Waals surface area contributed by atoms with Gasteiger partial charge in [-0.15, -0.1) is 0 Å². The van der Waals surface area contributed by atoms with Gasteiger partial charge in [-0.2, -0.15) is 0 Å². The zero-order valence-corrected chi connectivity index (χ0v) is 10.5. The zero-order valence-electron chi connectivity index (χ0n) is 10.5. The van der Waals surface area contributed by atoms with Crippen LogP contribution in [0.3, 0.4) is 0 Å². The molecular weight excluding hydrogens is 240 g/mol. The molecule has 6 nitrogen and oxygen atoms in total. The van der Waals surface area contributed by atoms with Crippen molar-refractivity contribution < 1.29 is 29.3 Å². The van der Waals surface area contributed by atoms with Gasteiger partial charge in [0.25, 0.3) is 0 Å². The van der Waals surface area contributed by atoms with E-state index in [1.165, 1.54) is 6.92 Å². The number of esters is 2. The first-order valence-electron chi connectivity index (χ1n) is 5.45. The lowest BCUT2D eigenvalue weighted by atomic mass is 10.1. The molecule has 0 saturated carbocycles. The Hall–Kier alpha value is -1.66. The summed E-state index contributed by atoms with van der Waals surface area (Å²) in [5, 5.41) is 18.1. The third-order valence-corrected chi connectivity index (χ3v) is 1.91. The van der Waals surface area contributed by atoms with Crippen LogP contribution in [0.15, 0.2) is 24.3 Å². The minimum atomic E-state index is -1.32. The van der Waals surface area contributed by atoms with Gasteiger partial charge in [0.05, 0.1) is 11.1 Å². The van der Waals surface area contributed by atoms with Gasteiger partial charge in [0, 0.05) is 6.42 Å². The van der Waals surface area contributed by atoms with Gasteiger partial charge < -0.3 is 19.7 Å². The Kier molecular flexibility index (Phi) is 6.92. The quantitative estimate of drug-likeness (QED) is 0.301. The molecule has 0 aliphatic carbocycles. The van der Waals surface area contributed by atoms with E-state index in [-0.39, 0.29) is 17.6 Å². The molecule has 0 radical (unpaired) electrons. The van der Waals surface area contributed by atoms with Gasteiger partial charge in [-0.3, -0.25) is 0 Å². The Morgan fingerprint density at radius 3 is 1.94 bits per heavy atom. The monoisotopic (exact) mass is 258 g/mol. The summed E-state index contributed by atoms with van der Waals surface area (Å²) in [6.45, 7) is 9.69. The van der Waals surface area contributed by atoms with Crippen LogP contribution in [0.4, 0.5) is 0 Å². The standard InChI is InChI=1S/C12H18O6/c1-5-6-10(14)18-12(16)8(3)7(2)11(15)17-9(4)13/h9-10,13-14H,2-3,5-6H2,1,4H3. The SMILES string of the molecule is C=C(C(=C)C(=O)OC(O)CCC)C(=O)OC(C)O. The van der Waals surface area contributed by atoms with Gasteiger partial charge >= 0.3 is 11.9 Å². The smallest absolute Gasteiger partial charge is 0.340 e. The normalized spacial score (nSPS) is 13.3.